The Morgan fingerprint density at radius 3 is 2.33 bits per heavy atom. The Bertz CT molecular complexity index is 747. The molecule has 3 rings (SSSR count). The number of nitrogens with zero attached hydrogens (tertiary/aromatic N) is 1. The summed E-state index contributed by atoms with van der Waals surface area (Å²) in [6, 6.07) is 14.1. The van der Waals surface area contributed by atoms with E-state index < -0.39 is 0 Å². The van der Waals surface area contributed by atoms with Gasteiger partial charge in [-0.25, -0.2) is 0 Å². The molecule has 2 aromatic carbocycles. The van der Waals surface area contributed by atoms with E-state index in [1.807, 2.05) is 38.1 Å². The Morgan fingerprint density at radius 2 is 1.74 bits per heavy atom. The summed E-state index contributed by atoms with van der Waals surface area (Å²) in [4.78, 5) is 15.1. The van der Waals surface area contributed by atoms with Crippen LogP contribution in [-0.4, -0.2) is 50.8 Å². The average Bonchev–Trinajstić information content (AvgIpc) is 2.68. The predicted molar refractivity (Wildman–Crippen MR) is 106 cm³/mol. The Kier molecular flexibility index (Phi) is 6.48. The second-order valence-corrected chi connectivity index (χ2v) is 7.02. The van der Waals surface area contributed by atoms with E-state index in [0.717, 1.165) is 43.2 Å². The van der Waals surface area contributed by atoms with Crippen molar-refractivity contribution < 1.29 is 14.3 Å². The summed E-state index contributed by atoms with van der Waals surface area (Å²) < 4.78 is 10.8. The molecule has 0 spiro atoms. The van der Waals surface area contributed by atoms with Crippen LogP contribution in [0.4, 0.5) is 0 Å². The van der Waals surface area contributed by atoms with Crippen molar-refractivity contribution in [3.63, 3.8) is 0 Å². The summed E-state index contributed by atoms with van der Waals surface area (Å²) in [6.07, 6.45) is 0. The molecule has 1 fully saturated rings. The highest BCUT2D eigenvalue weighted by atomic mass is 16.5. The smallest absolute Gasteiger partial charge is 0.251 e. The Labute approximate surface area is 161 Å². The molecule has 144 valence electrons. The minimum absolute atomic E-state index is 0.0337. The second-order valence-electron chi connectivity index (χ2n) is 7.02. The highest BCUT2D eigenvalue weighted by Gasteiger charge is 2.23. The van der Waals surface area contributed by atoms with E-state index >= 15 is 0 Å². The van der Waals surface area contributed by atoms with Gasteiger partial charge in [0.25, 0.3) is 5.91 Å². The summed E-state index contributed by atoms with van der Waals surface area (Å²) >= 11 is 0. The number of aryl methyl sites for hydroxylation is 2. The minimum Gasteiger partial charge on any atom is -0.497 e. The quantitative estimate of drug-likeness (QED) is 0.851. The standard InChI is InChI=1S/C22H28N2O3/c1-16-12-17(2)14-19(13-16)22(25)23-15-21(24-8-10-27-11-9-24)18-4-6-20(26-3)7-5-18/h4-7,12-14,21H,8-11,15H2,1-3H3,(H,23,25)/t21-/m0/s1. The maximum atomic E-state index is 12.7. The molecule has 1 amide bonds. The van der Waals surface area contributed by atoms with Crippen molar-refractivity contribution in [2.45, 2.75) is 19.9 Å². The molecule has 27 heavy (non-hydrogen) atoms. The molecule has 1 aliphatic rings. The van der Waals surface area contributed by atoms with Gasteiger partial charge in [0.2, 0.25) is 0 Å². The molecule has 5 heteroatoms. The van der Waals surface area contributed by atoms with Crippen molar-refractivity contribution in [1.82, 2.24) is 10.2 Å². The first-order valence-electron chi connectivity index (χ1n) is 9.39. The first-order valence-corrected chi connectivity index (χ1v) is 9.39. The van der Waals surface area contributed by atoms with E-state index in [4.69, 9.17) is 9.47 Å². The predicted octanol–water partition coefficient (Wildman–Crippen LogP) is 3.12. The van der Waals surface area contributed by atoms with E-state index in [-0.39, 0.29) is 11.9 Å². The van der Waals surface area contributed by atoms with Crippen molar-refractivity contribution in [2.24, 2.45) is 0 Å². The number of methoxy groups -OCH3 is 1. The summed E-state index contributed by atoms with van der Waals surface area (Å²) in [7, 11) is 1.67. The van der Waals surface area contributed by atoms with Crippen LogP contribution >= 0.6 is 0 Å². The van der Waals surface area contributed by atoms with Crippen LogP contribution in [0.1, 0.15) is 33.1 Å². The SMILES string of the molecule is COc1ccc([C@H](CNC(=O)c2cc(C)cc(C)c2)N2CCOCC2)cc1. The van der Waals surface area contributed by atoms with Gasteiger partial charge in [0.15, 0.2) is 0 Å². The molecule has 0 aliphatic carbocycles. The number of hydrogen-bond acceptors (Lipinski definition) is 4. The maximum absolute atomic E-state index is 12.7. The Balaban J connectivity index is 1.75. The van der Waals surface area contributed by atoms with Crippen LogP contribution < -0.4 is 10.1 Å². The number of rotatable bonds is 6. The van der Waals surface area contributed by atoms with Gasteiger partial charge in [-0.05, 0) is 43.7 Å². The highest BCUT2D eigenvalue weighted by molar-refractivity contribution is 5.94. The van der Waals surface area contributed by atoms with E-state index in [0.29, 0.717) is 12.1 Å². The summed E-state index contributed by atoms with van der Waals surface area (Å²) in [5.41, 5.74) is 4.07. The van der Waals surface area contributed by atoms with Crippen molar-refractivity contribution in [2.75, 3.05) is 40.0 Å². The molecule has 0 saturated carbocycles. The lowest BCUT2D eigenvalue weighted by molar-refractivity contribution is 0.0162. The zero-order valence-corrected chi connectivity index (χ0v) is 16.3. The van der Waals surface area contributed by atoms with Crippen LogP contribution in [0.2, 0.25) is 0 Å². The molecule has 0 unspecified atom stereocenters. The van der Waals surface area contributed by atoms with Crippen LogP contribution in [0.25, 0.3) is 0 Å². The van der Waals surface area contributed by atoms with E-state index in [9.17, 15) is 4.79 Å². The molecule has 5 nitrogen and oxygen atoms in total. The Morgan fingerprint density at radius 1 is 1.11 bits per heavy atom. The number of nitrogens with one attached hydrogen (secondary N) is 1. The number of benzene rings is 2. The van der Waals surface area contributed by atoms with Crippen LogP contribution in [0.5, 0.6) is 5.75 Å². The molecule has 2 aromatic rings. The third-order valence-corrected chi connectivity index (χ3v) is 4.93. The third-order valence-electron chi connectivity index (χ3n) is 4.93. The lowest BCUT2D eigenvalue weighted by Crippen LogP contribution is -2.43. The third kappa shape index (κ3) is 5.08. The van der Waals surface area contributed by atoms with Crippen molar-refractivity contribution in [1.29, 1.82) is 0 Å². The number of ether oxygens (including phenoxy) is 2. The normalized spacial score (nSPS) is 16.0. The molecule has 1 heterocycles. The van der Waals surface area contributed by atoms with E-state index in [1.165, 1.54) is 5.56 Å². The molecular formula is C22H28N2O3. The summed E-state index contributed by atoms with van der Waals surface area (Å²) in [6.45, 7) is 7.73. The maximum Gasteiger partial charge on any atom is 0.251 e. The molecule has 1 aliphatic heterocycles. The zero-order chi connectivity index (χ0) is 19.2. The topological polar surface area (TPSA) is 50.8 Å². The molecule has 0 radical (unpaired) electrons. The van der Waals surface area contributed by atoms with Gasteiger partial charge in [0.05, 0.1) is 26.4 Å². The molecule has 1 saturated heterocycles. The van der Waals surface area contributed by atoms with Gasteiger partial charge < -0.3 is 14.8 Å². The van der Waals surface area contributed by atoms with Gasteiger partial charge in [-0.15, -0.1) is 0 Å². The van der Waals surface area contributed by atoms with Gasteiger partial charge in [0.1, 0.15) is 5.75 Å². The van der Waals surface area contributed by atoms with Crippen molar-refractivity contribution >= 4 is 5.91 Å². The molecular weight excluding hydrogens is 340 g/mol. The van der Waals surface area contributed by atoms with Crippen molar-refractivity contribution in [3.8, 4) is 5.75 Å². The van der Waals surface area contributed by atoms with Crippen LogP contribution in [0, 0.1) is 13.8 Å². The average molecular weight is 368 g/mol. The van der Waals surface area contributed by atoms with E-state index in [1.54, 1.807) is 7.11 Å². The van der Waals surface area contributed by atoms with Gasteiger partial charge in [-0.3, -0.25) is 9.69 Å². The molecule has 0 bridgehead atoms. The highest BCUT2D eigenvalue weighted by Crippen LogP contribution is 2.24. The van der Waals surface area contributed by atoms with Crippen LogP contribution in [0.15, 0.2) is 42.5 Å². The van der Waals surface area contributed by atoms with Crippen LogP contribution in [0.3, 0.4) is 0 Å². The fourth-order valence-corrected chi connectivity index (χ4v) is 3.57. The number of morpholine rings is 1. The zero-order valence-electron chi connectivity index (χ0n) is 16.3. The first kappa shape index (κ1) is 19.4. The number of carbonyl (C=O) groups is 1. The van der Waals surface area contributed by atoms with Gasteiger partial charge >= 0.3 is 0 Å². The fraction of sp³-hybridized carbons (Fsp3) is 0.409. The monoisotopic (exact) mass is 368 g/mol. The van der Waals surface area contributed by atoms with Crippen LogP contribution in [-0.2, 0) is 4.74 Å². The summed E-state index contributed by atoms with van der Waals surface area (Å²) in [5.74, 6) is 0.798. The molecule has 1 atom stereocenters. The van der Waals surface area contributed by atoms with Gasteiger partial charge in [-0.1, -0.05) is 29.3 Å². The lowest BCUT2D eigenvalue weighted by Gasteiger charge is -2.35. The van der Waals surface area contributed by atoms with Gasteiger partial charge in [0, 0.05) is 25.2 Å². The van der Waals surface area contributed by atoms with E-state index in [2.05, 4.69) is 28.4 Å². The number of carbonyl (C=O) groups excluding carboxylic acids is 1. The minimum atomic E-state index is -0.0337. The molecule has 1 N–H and O–H groups in total. The largest absolute Gasteiger partial charge is 0.497 e. The summed E-state index contributed by atoms with van der Waals surface area (Å²) in [5, 5.41) is 3.13. The lowest BCUT2D eigenvalue weighted by atomic mass is 10.0. The van der Waals surface area contributed by atoms with Crippen molar-refractivity contribution in [3.05, 3.63) is 64.7 Å². The number of hydrogen-bond donors (Lipinski definition) is 1. The molecule has 0 aromatic heterocycles. The van der Waals surface area contributed by atoms with Gasteiger partial charge in [-0.2, -0.15) is 0 Å². The fourth-order valence-electron chi connectivity index (χ4n) is 3.57. The number of amides is 1. The first-order chi connectivity index (χ1) is 13.1. The Hall–Kier alpha value is -2.37. The second kappa shape index (κ2) is 9.02.